The van der Waals surface area contributed by atoms with Crippen molar-refractivity contribution in [2.24, 2.45) is 0 Å². The topological polar surface area (TPSA) is 12.9 Å². The van der Waals surface area contributed by atoms with E-state index in [0.29, 0.717) is 4.83 Å². The number of nitrogens with zero attached hydrogens (tertiary/aromatic N) is 1. The van der Waals surface area contributed by atoms with Crippen molar-refractivity contribution in [2.75, 3.05) is 0 Å². The van der Waals surface area contributed by atoms with Gasteiger partial charge in [0.15, 0.2) is 0 Å². The molecule has 1 aromatic carbocycles. The Morgan fingerprint density at radius 2 is 1.82 bits per heavy atom. The summed E-state index contributed by atoms with van der Waals surface area (Å²) >= 11 is 3.60. The van der Waals surface area contributed by atoms with Crippen LogP contribution in [0, 0.1) is 0 Å². The minimum absolute atomic E-state index is 0. The van der Waals surface area contributed by atoms with Crippen molar-refractivity contribution in [1.82, 2.24) is 4.98 Å². The molecule has 0 aliphatic rings. The molecule has 0 saturated carbocycles. The van der Waals surface area contributed by atoms with Gasteiger partial charge in [0.2, 0.25) is 0 Å². The highest BCUT2D eigenvalue weighted by molar-refractivity contribution is 9.09. The monoisotopic (exact) mass is 355 g/mol. The second-order valence-corrected chi connectivity index (χ2v) is 5.42. The first-order chi connectivity index (χ1) is 7.77. The van der Waals surface area contributed by atoms with Gasteiger partial charge >= 0.3 is 0 Å². The van der Waals surface area contributed by atoms with Gasteiger partial charge < -0.3 is 0 Å². The van der Waals surface area contributed by atoms with Crippen LogP contribution < -0.4 is 0 Å². The minimum atomic E-state index is 0. The van der Waals surface area contributed by atoms with Crippen LogP contribution in [0.1, 0.15) is 12.5 Å². The van der Waals surface area contributed by atoms with E-state index in [1.807, 2.05) is 18.3 Å². The highest BCUT2D eigenvalue weighted by Gasteiger charge is 2.07. The van der Waals surface area contributed by atoms with E-state index >= 15 is 0 Å². The molecule has 1 atom stereocenters. The predicted octanol–water partition coefficient (Wildman–Crippen LogP) is 4.65. The van der Waals surface area contributed by atoms with Gasteiger partial charge in [-0.15, -0.1) is 17.0 Å². The van der Waals surface area contributed by atoms with Gasteiger partial charge in [-0.1, -0.05) is 53.2 Å². The molecule has 0 aliphatic carbocycles. The van der Waals surface area contributed by atoms with Crippen LogP contribution in [-0.4, -0.2) is 9.81 Å². The van der Waals surface area contributed by atoms with E-state index in [-0.39, 0.29) is 17.0 Å². The fourth-order valence-corrected chi connectivity index (χ4v) is 2.12. The summed E-state index contributed by atoms with van der Waals surface area (Å²) in [5.74, 6) is 0. The van der Waals surface area contributed by atoms with Crippen molar-refractivity contribution in [1.29, 1.82) is 0 Å². The Hall–Kier alpha value is -0.670. The molecule has 0 spiro atoms. The zero-order valence-corrected chi connectivity index (χ0v) is 12.9. The lowest BCUT2D eigenvalue weighted by molar-refractivity contribution is 0.960. The van der Waals surface area contributed by atoms with Gasteiger partial charge in [0.25, 0.3) is 0 Å². The quantitative estimate of drug-likeness (QED) is 0.729. The number of aromatic nitrogens is 1. The van der Waals surface area contributed by atoms with Crippen molar-refractivity contribution in [2.45, 2.75) is 18.2 Å². The Morgan fingerprint density at radius 1 is 1.12 bits per heavy atom. The van der Waals surface area contributed by atoms with Crippen LogP contribution >= 0.6 is 32.9 Å². The van der Waals surface area contributed by atoms with Gasteiger partial charge in [-0.25, -0.2) is 0 Å². The maximum absolute atomic E-state index is 4.40. The molecule has 0 radical (unpaired) electrons. The third-order valence-corrected chi connectivity index (χ3v) is 2.78. The minimum Gasteiger partial charge on any atom is -0.256 e. The molecule has 2 rings (SSSR count). The number of hydrogen-bond acceptors (Lipinski definition) is 1. The van der Waals surface area contributed by atoms with Gasteiger partial charge in [0.05, 0.1) is 5.69 Å². The van der Waals surface area contributed by atoms with Gasteiger partial charge in [0.1, 0.15) is 0 Å². The van der Waals surface area contributed by atoms with E-state index in [2.05, 4.69) is 58.2 Å². The van der Waals surface area contributed by atoms with Crippen LogP contribution in [0.4, 0.5) is 0 Å². The highest BCUT2D eigenvalue weighted by atomic mass is 79.9. The normalized spacial score (nSPS) is 11.6. The van der Waals surface area contributed by atoms with E-state index < -0.39 is 0 Å². The van der Waals surface area contributed by atoms with Crippen molar-refractivity contribution >= 4 is 32.9 Å². The second-order valence-electron chi connectivity index (χ2n) is 3.86. The summed E-state index contributed by atoms with van der Waals surface area (Å²) in [7, 11) is 0. The Bertz CT molecular complexity index is 455. The molecule has 0 fully saturated rings. The molecule has 1 nitrogen and oxygen atoms in total. The third-order valence-electron chi connectivity index (χ3n) is 2.46. The smallest absolute Gasteiger partial charge is 0.0704 e. The van der Waals surface area contributed by atoms with Crippen LogP contribution in [0.25, 0.3) is 11.3 Å². The lowest BCUT2D eigenvalue weighted by atomic mass is 10.0. The Labute approximate surface area is 121 Å². The van der Waals surface area contributed by atoms with E-state index in [0.717, 1.165) is 12.1 Å². The summed E-state index contributed by atoms with van der Waals surface area (Å²) in [4.78, 5) is 4.89. The zero-order valence-electron chi connectivity index (χ0n) is 9.64. The molecule has 1 unspecified atom stereocenters. The molecule has 2 aromatic rings. The second kappa shape index (κ2) is 6.92. The fraction of sp³-hybridized carbons (Fsp3) is 0.214. The number of benzene rings is 1. The van der Waals surface area contributed by atoms with Crippen molar-refractivity contribution in [3.8, 4) is 11.3 Å². The van der Waals surface area contributed by atoms with Crippen molar-refractivity contribution in [3.05, 3.63) is 54.2 Å². The number of hydrogen-bond donors (Lipinski definition) is 0. The lowest BCUT2D eigenvalue weighted by Gasteiger charge is -2.09. The number of pyridine rings is 1. The molecule has 0 bridgehead atoms. The molecular formula is C14H15Br2N. The van der Waals surface area contributed by atoms with Gasteiger partial charge in [-0.3, -0.25) is 4.98 Å². The maximum atomic E-state index is 4.40. The van der Waals surface area contributed by atoms with Crippen molar-refractivity contribution < 1.29 is 0 Å². The standard InChI is InChI=1S/C14H14BrN.BrH/c1-11(15)10-12-6-2-3-7-13(12)14-8-4-5-9-16-14;/h2-9,11H,10H2,1H3;1H. The molecule has 1 heterocycles. The van der Waals surface area contributed by atoms with E-state index in [9.17, 15) is 0 Å². The van der Waals surface area contributed by atoms with Gasteiger partial charge in [-0.05, 0) is 24.1 Å². The Kier molecular flexibility index (Phi) is 5.86. The first-order valence-corrected chi connectivity index (χ1v) is 6.32. The number of alkyl halides is 1. The Balaban J connectivity index is 0.00000144. The van der Waals surface area contributed by atoms with E-state index in [1.165, 1.54) is 11.1 Å². The largest absolute Gasteiger partial charge is 0.256 e. The highest BCUT2D eigenvalue weighted by Crippen LogP contribution is 2.23. The summed E-state index contributed by atoms with van der Waals surface area (Å²) in [6.45, 7) is 2.16. The molecule has 1 aromatic heterocycles. The first-order valence-electron chi connectivity index (χ1n) is 5.41. The molecular weight excluding hydrogens is 342 g/mol. The molecule has 90 valence electrons. The molecule has 0 aliphatic heterocycles. The summed E-state index contributed by atoms with van der Waals surface area (Å²) in [5.41, 5.74) is 3.62. The number of halogens is 2. The van der Waals surface area contributed by atoms with E-state index in [1.54, 1.807) is 0 Å². The first kappa shape index (κ1) is 14.4. The molecule has 3 heteroatoms. The molecule has 0 N–H and O–H groups in total. The predicted molar refractivity (Wildman–Crippen MR) is 82.1 cm³/mol. The lowest BCUT2D eigenvalue weighted by Crippen LogP contribution is -1.99. The van der Waals surface area contributed by atoms with Crippen LogP contribution in [-0.2, 0) is 6.42 Å². The van der Waals surface area contributed by atoms with Gasteiger partial charge in [-0.2, -0.15) is 0 Å². The number of rotatable bonds is 3. The van der Waals surface area contributed by atoms with E-state index in [4.69, 9.17) is 0 Å². The summed E-state index contributed by atoms with van der Waals surface area (Å²) < 4.78 is 0. The van der Waals surface area contributed by atoms with Crippen LogP contribution in [0.3, 0.4) is 0 Å². The van der Waals surface area contributed by atoms with Crippen molar-refractivity contribution in [3.63, 3.8) is 0 Å². The molecule has 0 saturated heterocycles. The zero-order chi connectivity index (χ0) is 11.4. The van der Waals surface area contributed by atoms with Crippen LogP contribution in [0.5, 0.6) is 0 Å². The summed E-state index contributed by atoms with van der Waals surface area (Å²) in [5, 5.41) is 0. The SMILES string of the molecule is Br.CC(Br)Cc1ccccc1-c1ccccn1. The van der Waals surface area contributed by atoms with Crippen LogP contribution in [0.2, 0.25) is 0 Å². The average Bonchev–Trinajstić information content (AvgIpc) is 2.30. The summed E-state index contributed by atoms with van der Waals surface area (Å²) in [6.07, 6.45) is 2.86. The van der Waals surface area contributed by atoms with Gasteiger partial charge in [0, 0.05) is 16.6 Å². The third kappa shape index (κ3) is 3.93. The van der Waals surface area contributed by atoms with Crippen LogP contribution in [0.15, 0.2) is 48.7 Å². The molecule has 0 amide bonds. The summed E-state index contributed by atoms with van der Waals surface area (Å²) in [6, 6.07) is 14.5. The average molecular weight is 357 g/mol. The maximum Gasteiger partial charge on any atom is 0.0704 e. The fourth-order valence-electron chi connectivity index (χ4n) is 1.77. The Morgan fingerprint density at radius 3 is 2.47 bits per heavy atom. The molecule has 17 heavy (non-hydrogen) atoms.